The van der Waals surface area contributed by atoms with Crippen molar-refractivity contribution in [2.75, 3.05) is 14.2 Å². The standard InChI is InChI=1S/C25H30N4O5S/c1-16-8-4-6-10-19(16)28-35(32,33)22-14-17(12-13-21(22)34-3)25(31)29(2)15-23-26-20-11-7-5-9-18(20)24(30)27-23/h5,7,9,11-14,16,19,28H,4,6,8,10,15H2,1-3H3,(H,26,27,30)/t16-,19+/m1/s1. The first kappa shape index (κ1) is 24.9. The van der Waals surface area contributed by atoms with Crippen LogP contribution in [0.4, 0.5) is 0 Å². The van der Waals surface area contributed by atoms with Crippen LogP contribution in [0, 0.1) is 5.92 Å². The SMILES string of the molecule is COc1ccc(C(=O)N(C)Cc2nc3ccccc3c(=O)[nH]2)cc1S(=O)(=O)N[C@H]1CCCC[C@H]1C. The number of carbonyl (C=O) groups is 1. The van der Waals surface area contributed by atoms with Gasteiger partial charge in [0.15, 0.2) is 0 Å². The van der Waals surface area contributed by atoms with Crippen LogP contribution in [0.3, 0.4) is 0 Å². The molecule has 1 aromatic heterocycles. The summed E-state index contributed by atoms with van der Waals surface area (Å²) in [6.07, 6.45) is 3.82. The average molecular weight is 499 g/mol. The van der Waals surface area contributed by atoms with E-state index in [1.54, 1.807) is 31.3 Å². The predicted octanol–water partition coefficient (Wildman–Crippen LogP) is 3.06. The smallest absolute Gasteiger partial charge is 0.258 e. The zero-order valence-corrected chi connectivity index (χ0v) is 20.9. The number of benzene rings is 2. The number of nitrogens with one attached hydrogen (secondary N) is 2. The fourth-order valence-corrected chi connectivity index (χ4v) is 6.07. The molecule has 1 saturated carbocycles. The number of methoxy groups -OCH3 is 1. The molecule has 1 aliphatic rings. The first-order valence-corrected chi connectivity index (χ1v) is 13.1. The molecule has 3 aromatic rings. The van der Waals surface area contributed by atoms with Gasteiger partial charge in [-0.25, -0.2) is 18.1 Å². The van der Waals surface area contributed by atoms with Gasteiger partial charge in [0.25, 0.3) is 11.5 Å². The Balaban J connectivity index is 1.58. The summed E-state index contributed by atoms with van der Waals surface area (Å²) in [6.45, 7) is 2.09. The number of hydrogen-bond acceptors (Lipinski definition) is 6. The van der Waals surface area contributed by atoms with Gasteiger partial charge in [0.05, 0.1) is 24.6 Å². The van der Waals surface area contributed by atoms with Gasteiger partial charge in [-0.1, -0.05) is 31.9 Å². The summed E-state index contributed by atoms with van der Waals surface area (Å²) in [6, 6.07) is 11.1. The molecule has 1 fully saturated rings. The zero-order chi connectivity index (χ0) is 25.2. The van der Waals surface area contributed by atoms with Gasteiger partial charge in [-0.3, -0.25) is 9.59 Å². The van der Waals surface area contributed by atoms with Crippen LogP contribution < -0.4 is 15.0 Å². The van der Waals surface area contributed by atoms with E-state index in [2.05, 4.69) is 14.7 Å². The molecular formula is C25H30N4O5S. The molecule has 0 unspecified atom stereocenters. The molecule has 2 N–H and O–H groups in total. The number of H-pyrrole nitrogens is 1. The Morgan fingerprint density at radius 3 is 2.69 bits per heavy atom. The first-order chi connectivity index (χ1) is 16.7. The lowest BCUT2D eigenvalue weighted by atomic mass is 9.87. The number of para-hydroxylation sites is 1. The molecule has 1 aliphatic carbocycles. The molecule has 4 rings (SSSR count). The summed E-state index contributed by atoms with van der Waals surface area (Å²) in [5.74, 6) is 0.322. The largest absolute Gasteiger partial charge is 0.495 e. The Morgan fingerprint density at radius 2 is 1.94 bits per heavy atom. The highest BCUT2D eigenvalue weighted by molar-refractivity contribution is 7.89. The Labute approximate surface area is 204 Å². The number of aromatic amines is 1. The van der Waals surface area contributed by atoms with Gasteiger partial charge in [-0.05, 0) is 49.1 Å². The molecule has 186 valence electrons. The molecule has 0 bridgehead atoms. The third kappa shape index (κ3) is 5.38. The summed E-state index contributed by atoms with van der Waals surface area (Å²) in [5.41, 5.74) is 0.439. The van der Waals surface area contributed by atoms with Crippen molar-refractivity contribution >= 4 is 26.8 Å². The maximum absolute atomic E-state index is 13.3. The summed E-state index contributed by atoms with van der Waals surface area (Å²) < 4.78 is 34.6. The van der Waals surface area contributed by atoms with Crippen molar-refractivity contribution in [3.8, 4) is 5.75 Å². The van der Waals surface area contributed by atoms with E-state index >= 15 is 0 Å². The number of ether oxygens (including phenoxy) is 1. The van der Waals surface area contributed by atoms with E-state index in [9.17, 15) is 18.0 Å². The van der Waals surface area contributed by atoms with Crippen LogP contribution in [0.25, 0.3) is 10.9 Å². The Morgan fingerprint density at radius 1 is 1.20 bits per heavy atom. The minimum Gasteiger partial charge on any atom is -0.495 e. The third-order valence-electron chi connectivity index (χ3n) is 6.51. The Bertz CT molecular complexity index is 1400. The molecule has 0 saturated heterocycles. The summed E-state index contributed by atoms with van der Waals surface area (Å²) in [5, 5.41) is 0.468. The van der Waals surface area contributed by atoms with Crippen molar-refractivity contribution in [3.63, 3.8) is 0 Å². The van der Waals surface area contributed by atoms with E-state index in [1.807, 2.05) is 6.92 Å². The second-order valence-electron chi connectivity index (χ2n) is 9.05. The van der Waals surface area contributed by atoms with Gasteiger partial charge in [0.1, 0.15) is 16.5 Å². The van der Waals surface area contributed by atoms with Crippen LogP contribution in [0.15, 0.2) is 52.2 Å². The molecule has 0 aliphatic heterocycles. The zero-order valence-electron chi connectivity index (χ0n) is 20.1. The molecule has 9 nitrogen and oxygen atoms in total. The van der Waals surface area contributed by atoms with E-state index in [1.165, 1.54) is 30.2 Å². The second kappa shape index (κ2) is 10.2. The fourth-order valence-electron chi connectivity index (χ4n) is 4.50. The van der Waals surface area contributed by atoms with Gasteiger partial charge in [0, 0.05) is 18.7 Å². The molecule has 2 aromatic carbocycles. The Kier molecular flexibility index (Phi) is 7.23. The van der Waals surface area contributed by atoms with E-state index in [0.29, 0.717) is 16.7 Å². The predicted molar refractivity (Wildman–Crippen MR) is 133 cm³/mol. The lowest BCUT2D eigenvalue weighted by molar-refractivity contribution is 0.0781. The molecular weight excluding hydrogens is 468 g/mol. The minimum atomic E-state index is -3.91. The normalized spacial score (nSPS) is 18.4. The number of amides is 1. The van der Waals surface area contributed by atoms with E-state index in [4.69, 9.17) is 4.74 Å². The van der Waals surface area contributed by atoms with Crippen molar-refractivity contribution < 1.29 is 17.9 Å². The van der Waals surface area contributed by atoms with Crippen LogP contribution in [0.1, 0.15) is 48.8 Å². The maximum Gasteiger partial charge on any atom is 0.258 e. The molecule has 1 amide bonds. The average Bonchev–Trinajstić information content (AvgIpc) is 2.84. The monoisotopic (exact) mass is 498 g/mol. The van der Waals surface area contributed by atoms with E-state index < -0.39 is 15.9 Å². The molecule has 35 heavy (non-hydrogen) atoms. The molecule has 10 heteroatoms. The van der Waals surface area contributed by atoms with Gasteiger partial charge in [-0.15, -0.1) is 0 Å². The third-order valence-corrected chi connectivity index (χ3v) is 8.02. The number of nitrogens with zero attached hydrogens (tertiary/aromatic N) is 2. The molecule has 2 atom stereocenters. The summed E-state index contributed by atoms with van der Waals surface area (Å²) in [7, 11) is -0.949. The highest BCUT2D eigenvalue weighted by Gasteiger charge is 2.29. The van der Waals surface area contributed by atoms with Crippen LogP contribution in [-0.4, -0.2) is 49.4 Å². The number of fused-ring (bicyclic) bond motifs is 1. The lowest BCUT2D eigenvalue weighted by Crippen LogP contribution is -2.41. The number of carbonyl (C=O) groups excluding carboxylic acids is 1. The Hall–Kier alpha value is -3.24. The second-order valence-corrected chi connectivity index (χ2v) is 10.7. The fraction of sp³-hybridized carbons (Fsp3) is 0.400. The molecule has 1 heterocycles. The molecule has 0 radical (unpaired) electrons. The minimum absolute atomic E-state index is 0.0465. The van der Waals surface area contributed by atoms with E-state index in [0.717, 1.165) is 25.7 Å². The number of rotatable bonds is 7. The van der Waals surface area contributed by atoms with Gasteiger partial charge in [0.2, 0.25) is 10.0 Å². The van der Waals surface area contributed by atoms with Crippen LogP contribution in [0.2, 0.25) is 0 Å². The summed E-state index contributed by atoms with van der Waals surface area (Å²) >= 11 is 0. The topological polar surface area (TPSA) is 121 Å². The summed E-state index contributed by atoms with van der Waals surface area (Å²) in [4.78, 5) is 34.0. The van der Waals surface area contributed by atoms with Gasteiger partial charge in [-0.2, -0.15) is 0 Å². The van der Waals surface area contributed by atoms with E-state index in [-0.39, 0.29) is 40.3 Å². The number of sulfonamides is 1. The maximum atomic E-state index is 13.3. The van der Waals surface area contributed by atoms with Gasteiger partial charge < -0.3 is 14.6 Å². The van der Waals surface area contributed by atoms with Crippen molar-refractivity contribution in [2.45, 2.75) is 50.1 Å². The van der Waals surface area contributed by atoms with Crippen LogP contribution in [0.5, 0.6) is 5.75 Å². The molecule has 0 spiro atoms. The number of hydrogen-bond donors (Lipinski definition) is 2. The quantitative estimate of drug-likeness (QED) is 0.516. The highest BCUT2D eigenvalue weighted by Crippen LogP contribution is 2.29. The van der Waals surface area contributed by atoms with Crippen molar-refractivity contribution in [2.24, 2.45) is 5.92 Å². The first-order valence-electron chi connectivity index (χ1n) is 11.6. The lowest BCUT2D eigenvalue weighted by Gasteiger charge is -2.29. The van der Waals surface area contributed by atoms with Crippen LogP contribution in [-0.2, 0) is 16.6 Å². The highest BCUT2D eigenvalue weighted by atomic mass is 32.2. The van der Waals surface area contributed by atoms with Crippen molar-refractivity contribution in [3.05, 3.63) is 64.2 Å². The van der Waals surface area contributed by atoms with Crippen molar-refractivity contribution in [1.29, 1.82) is 0 Å². The van der Waals surface area contributed by atoms with Crippen LogP contribution >= 0.6 is 0 Å². The number of aromatic nitrogens is 2. The van der Waals surface area contributed by atoms with Gasteiger partial charge >= 0.3 is 0 Å². The van der Waals surface area contributed by atoms with Crippen molar-refractivity contribution in [1.82, 2.24) is 19.6 Å².